The summed E-state index contributed by atoms with van der Waals surface area (Å²) < 4.78 is 18.4. The standard InChI is InChI=1S/C13H19FN2O/c1-17-13-6-9(2-3-12(13)14)11-4-5-16-8-10(11)7-15/h2-3,6,10-11,16H,4-5,7-8,15H2,1H3. The Bertz CT molecular complexity index is 384. The summed E-state index contributed by atoms with van der Waals surface area (Å²) in [5.41, 5.74) is 6.91. The van der Waals surface area contributed by atoms with Crippen LogP contribution in [0.4, 0.5) is 4.39 Å². The summed E-state index contributed by atoms with van der Waals surface area (Å²) >= 11 is 0. The fourth-order valence-electron chi connectivity index (χ4n) is 2.52. The molecule has 0 spiro atoms. The van der Waals surface area contributed by atoms with Crippen molar-refractivity contribution in [2.24, 2.45) is 11.7 Å². The van der Waals surface area contributed by atoms with Gasteiger partial charge in [-0.2, -0.15) is 0 Å². The Balaban J connectivity index is 2.25. The van der Waals surface area contributed by atoms with Crippen LogP contribution in [0.2, 0.25) is 0 Å². The van der Waals surface area contributed by atoms with Crippen LogP contribution >= 0.6 is 0 Å². The molecule has 2 atom stereocenters. The fourth-order valence-corrected chi connectivity index (χ4v) is 2.52. The summed E-state index contributed by atoms with van der Waals surface area (Å²) in [6.45, 7) is 2.57. The second-order valence-electron chi connectivity index (χ2n) is 4.49. The maximum absolute atomic E-state index is 13.4. The molecule has 4 heteroatoms. The predicted molar refractivity (Wildman–Crippen MR) is 65.7 cm³/mol. The number of piperidine rings is 1. The second kappa shape index (κ2) is 5.47. The van der Waals surface area contributed by atoms with Gasteiger partial charge in [0.05, 0.1) is 7.11 Å². The number of hydrogen-bond donors (Lipinski definition) is 2. The largest absolute Gasteiger partial charge is 0.494 e. The van der Waals surface area contributed by atoms with E-state index in [-0.39, 0.29) is 5.82 Å². The van der Waals surface area contributed by atoms with Gasteiger partial charge in [0.1, 0.15) is 0 Å². The highest BCUT2D eigenvalue weighted by Crippen LogP contribution is 2.32. The van der Waals surface area contributed by atoms with Gasteiger partial charge in [-0.3, -0.25) is 0 Å². The summed E-state index contributed by atoms with van der Waals surface area (Å²) in [7, 11) is 1.49. The van der Waals surface area contributed by atoms with Crippen LogP contribution in [0.5, 0.6) is 5.75 Å². The lowest BCUT2D eigenvalue weighted by Crippen LogP contribution is -2.39. The quantitative estimate of drug-likeness (QED) is 0.838. The number of nitrogens with one attached hydrogen (secondary N) is 1. The summed E-state index contributed by atoms with van der Waals surface area (Å²) in [4.78, 5) is 0. The first-order chi connectivity index (χ1) is 8.26. The molecule has 0 radical (unpaired) electrons. The molecule has 94 valence electrons. The topological polar surface area (TPSA) is 47.3 Å². The number of ether oxygens (including phenoxy) is 1. The van der Waals surface area contributed by atoms with Crippen molar-refractivity contribution in [1.29, 1.82) is 0 Å². The molecule has 1 saturated heterocycles. The van der Waals surface area contributed by atoms with Gasteiger partial charge in [0.2, 0.25) is 0 Å². The van der Waals surface area contributed by atoms with Crippen molar-refractivity contribution in [3.8, 4) is 5.75 Å². The van der Waals surface area contributed by atoms with E-state index in [9.17, 15) is 4.39 Å². The molecule has 2 rings (SSSR count). The Morgan fingerprint density at radius 2 is 2.35 bits per heavy atom. The molecule has 0 amide bonds. The molecule has 1 aromatic rings. The first-order valence-corrected chi connectivity index (χ1v) is 6.00. The molecule has 0 bridgehead atoms. The van der Waals surface area contributed by atoms with Gasteiger partial charge >= 0.3 is 0 Å². The summed E-state index contributed by atoms with van der Waals surface area (Å²) in [5, 5.41) is 3.34. The normalized spacial score (nSPS) is 24.6. The van der Waals surface area contributed by atoms with Crippen LogP contribution in [0.3, 0.4) is 0 Å². The van der Waals surface area contributed by atoms with E-state index in [1.165, 1.54) is 13.2 Å². The Morgan fingerprint density at radius 1 is 1.53 bits per heavy atom. The Hall–Kier alpha value is -1.13. The number of halogens is 1. The van der Waals surface area contributed by atoms with Gasteiger partial charge < -0.3 is 15.8 Å². The number of methoxy groups -OCH3 is 1. The zero-order chi connectivity index (χ0) is 12.3. The molecular weight excluding hydrogens is 219 g/mol. The van der Waals surface area contributed by atoms with E-state index in [2.05, 4.69) is 5.32 Å². The van der Waals surface area contributed by atoms with Gasteiger partial charge in [-0.25, -0.2) is 4.39 Å². The Labute approximate surface area is 101 Å². The summed E-state index contributed by atoms with van der Waals surface area (Å²) in [6.07, 6.45) is 1.04. The van der Waals surface area contributed by atoms with E-state index in [1.54, 1.807) is 6.07 Å². The van der Waals surface area contributed by atoms with E-state index in [0.29, 0.717) is 24.1 Å². The number of rotatable bonds is 3. The lowest BCUT2D eigenvalue weighted by molar-refractivity contribution is 0.330. The van der Waals surface area contributed by atoms with Crippen LogP contribution in [-0.2, 0) is 0 Å². The lowest BCUT2D eigenvalue weighted by Gasteiger charge is -2.31. The van der Waals surface area contributed by atoms with Gasteiger partial charge in [0, 0.05) is 0 Å². The number of hydrogen-bond acceptors (Lipinski definition) is 3. The highest BCUT2D eigenvalue weighted by atomic mass is 19.1. The molecule has 3 nitrogen and oxygen atoms in total. The van der Waals surface area contributed by atoms with Gasteiger partial charge in [-0.1, -0.05) is 6.07 Å². The number of benzene rings is 1. The molecule has 1 aliphatic rings. The van der Waals surface area contributed by atoms with Crippen LogP contribution < -0.4 is 15.8 Å². The van der Waals surface area contributed by atoms with Crippen molar-refractivity contribution in [3.63, 3.8) is 0 Å². The maximum Gasteiger partial charge on any atom is 0.165 e. The van der Waals surface area contributed by atoms with E-state index in [4.69, 9.17) is 10.5 Å². The molecule has 1 aliphatic heterocycles. The van der Waals surface area contributed by atoms with Gasteiger partial charge in [0.15, 0.2) is 11.6 Å². The SMILES string of the molecule is COc1cc(C2CCNCC2CN)ccc1F. The van der Waals surface area contributed by atoms with Crippen molar-refractivity contribution in [3.05, 3.63) is 29.6 Å². The molecule has 1 fully saturated rings. The van der Waals surface area contributed by atoms with Crippen LogP contribution in [0.25, 0.3) is 0 Å². The zero-order valence-corrected chi connectivity index (χ0v) is 10.1. The van der Waals surface area contributed by atoms with Gasteiger partial charge in [0.25, 0.3) is 0 Å². The molecule has 0 aliphatic carbocycles. The Kier molecular flexibility index (Phi) is 3.97. The van der Waals surface area contributed by atoms with Crippen LogP contribution in [0.15, 0.2) is 18.2 Å². The molecule has 3 N–H and O–H groups in total. The molecule has 1 heterocycles. The zero-order valence-electron chi connectivity index (χ0n) is 10.1. The molecule has 2 unspecified atom stereocenters. The minimum absolute atomic E-state index is 0.311. The summed E-state index contributed by atoms with van der Waals surface area (Å²) in [6, 6.07) is 5.12. The minimum atomic E-state index is -0.311. The van der Waals surface area contributed by atoms with Crippen LogP contribution in [0, 0.1) is 11.7 Å². The second-order valence-corrected chi connectivity index (χ2v) is 4.49. The molecule has 0 saturated carbocycles. The average Bonchev–Trinajstić information content (AvgIpc) is 2.39. The van der Waals surface area contributed by atoms with E-state index in [0.717, 1.165) is 25.1 Å². The smallest absolute Gasteiger partial charge is 0.165 e. The van der Waals surface area contributed by atoms with Crippen molar-refractivity contribution in [2.75, 3.05) is 26.7 Å². The van der Waals surface area contributed by atoms with Crippen molar-refractivity contribution in [1.82, 2.24) is 5.32 Å². The van der Waals surface area contributed by atoms with Crippen molar-refractivity contribution < 1.29 is 9.13 Å². The van der Waals surface area contributed by atoms with Crippen LogP contribution in [0.1, 0.15) is 17.9 Å². The average molecular weight is 238 g/mol. The lowest BCUT2D eigenvalue weighted by atomic mass is 9.81. The minimum Gasteiger partial charge on any atom is -0.494 e. The molecule has 17 heavy (non-hydrogen) atoms. The van der Waals surface area contributed by atoms with Gasteiger partial charge in [-0.15, -0.1) is 0 Å². The molecule has 1 aromatic carbocycles. The molecular formula is C13H19FN2O. The first-order valence-electron chi connectivity index (χ1n) is 6.00. The number of nitrogens with two attached hydrogens (primary N) is 1. The monoisotopic (exact) mass is 238 g/mol. The predicted octanol–water partition coefficient (Wildman–Crippen LogP) is 1.49. The third-order valence-corrected chi connectivity index (χ3v) is 3.51. The molecule has 0 aromatic heterocycles. The van der Waals surface area contributed by atoms with Crippen LogP contribution in [-0.4, -0.2) is 26.7 Å². The van der Waals surface area contributed by atoms with E-state index >= 15 is 0 Å². The highest BCUT2D eigenvalue weighted by Gasteiger charge is 2.25. The third-order valence-electron chi connectivity index (χ3n) is 3.51. The van der Waals surface area contributed by atoms with Crippen molar-refractivity contribution in [2.45, 2.75) is 12.3 Å². The van der Waals surface area contributed by atoms with E-state index < -0.39 is 0 Å². The fraction of sp³-hybridized carbons (Fsp3) is 0.538. The van der Waals surface area contributed by atoms with E-state index in [1.807, 2.05) is 6.07 Å². The summed E-state index contributed by atoms with van der Waals surface area (Å²) in [5.74, 6) is 0.820. The Morgan fingerprint density at radius 3 is 3.06 bits per heavy atom. The maximum atomic E-state index is 13.4. The third kappa shape index (κ3) is 2.58. The highest BCUT2D eigenvalue weighted by molar-refractivity contribution is 5.33. The van der Waals surface area contributed by atoms with Crippen molar-refractivity contribution >= 4 is 0 Å². The van der Waals surface area contributed by atoms with Gasteiger partial charge in [-0.05, 0) is 55.6 Å². The first kappa shape index (κ1) is 12.3.